The molecule has 1 aromatic carbocycles. The minimum absolute atomic E-state index is 0.227. The lowest BCUT2D eigenvalue weighted by molar-refractivity contribution is 0.130. The van der Waals surface area contributed by atoms with E-state index in [1.807, 2.05) is 0 Å². The van der Waals surface area contributed by atoms with Crippen LogP contribution in [0.15, 0.2) is 24.3 Å². The van der Waals surface area contributed by atoms with Gasteiger partial charge in [-0.15, -0.1) is 0 Å². The van der Waals surface area contributed by atoms with Crippen LogP contribution in [0, 0.1) is 12.7 Å². The number of benzene rings is 1. The lowest BCUT2D eigenvalue weighted by Crippen LogP contribution is -2.04. The van der Waals surface area contributed by atoms with Crippen LogP contribution in [0.1, 0.15) is 11.5 Å². The van der Waals surface area contributed by atoms with E-state index in [0.29, 0.717) is 0 Å². The minimum atomic E-state index is -2.55. The molecule has 0 fully saturated rings. The maximum absolute atomic E-state index is 12.5. The van der Waals surface area contributed by atoms with Crippen LogP contribution < -0.4 is 0 Å². The largest absolute Gasteiger partial charge is 0.245 e. The molecule has 65 valence electrons. The quantitative estimate of drug-likeness (QED) is 0.644. The van der Waals surface area contributed by atoms with Crippen molar-refractivity contribution < 1.29 is 13.2 Å². The highest BCUT2D eigenvalue weighted by Crippen LogP contribution is 2.22. The van der Waals surface area contributed by atoms with Crippen LogP contribution in [0.3, 0.4) is 0 Å². The number of halogens is 3. The monoisotopic (exact) mass is 173 g/mol. The summed E-state index contributed by atoms with van der Waals surface area (Å²) in [7, 11) is 0. The predicted molar refractivity (Wildman–Crippen MR) is 40.5 cm³/mol. The van der Waals surface area contributed by atoms with Crippen LogP contribution in [0.2, 0.25) is 0 Å². The Hall–Kier alpha value is -0.990. The average molecular weight is 173 g/mol. The molecule has 0 aliphatic heterocycles. The second-order valence-corrected chi connectivity index (χ2v) is 2.50. The minimum Gasteiger partial charge on any atom is -0.210 e. The molecule has 0 aliphatic carbocycles. The lowest BCUT2D eigenvalue weighted by atomic mass is 10.0. The first-order valence-corrected chi connectivity index (χ1v) is 3.48. The fourth-order valence-corrected chi connectivity index (χ4v) is 0.883. The Morgan fingerprint density at radius 2 is 1.92 bits per heavy atom. The highest BCUT2D eigenvalue weighted by molar-refractivity contribution is 5.22. The number of hydrogen-bond donors (Lipinski definition) is 0. The molecule has 0 heterocycles. The van der Waals surface area contributed by atoms with E-state index in [2.05, 4.69) is 6.92 Å². The molecule has 1 atom stereocenters. The summed E-state index contributed by atoms with van der Waals surface area (Å²) in [5.74, 6) is -1.66. The van der Waals surface area contributed by atoms with E-state index in [1.165, 1.54) is 18.2 Å². The molecule has 0 saturated heterocycles. The SMILES string of the molecule is [CH2]C(c1cccc(F)c1)C(F)F. The fourth-order valence-electron chi connectivity index (χ4n) is 0.883. The Morgan fingerprint density at radius 1 is 1.25 bits per heavy atom. The van der Waals surface area contributed by atoms with Gasteiger partial charge in [-0.1, -0.05) is 12.1 Å². The number of hydrogen-bond acceptors (Lipinski definition) is 0. The molecule has 1 rings (SSSR count). The van der Waals surface area contributed by atoms with E-state index in [0.717, 1.165) is 6.07 Å². The molecule has 0 amide bonds. The van der Waals surface area contributed by atoms with Gasteiger partial charge in [-0.3, -0.25) is 0 Å². The van der Waals surface area contributed by atoms with Crippen molar-refractivity contribution >= 4 is 0 Å². The van der Waals surface area contributed by atoms with Gasteiger partial charge in [-0.05, 0) is 24.6 Å². The third kappa shape index (κ3) is 2.00. The van der Waals surface area contributed by atoms with Gasteiger partial charge in [0.05, 0.1) is 0 Å². The molecule has 1 unspecified atom stereocenters. The molecule has 0 aliphatic rings. The van der Waals surface area contributed by atoms with Crippen LogP contribution in [0.5, 0.6) is 0 Å². The van der Waals surface area contributed by atoms with Crippen molar-refractivity contribution in [2.45, 2.75) is 12.3 Å². The fraction of sp³-hybridized carbons (Fsp3) is 0.222. The van der Waals surface area contributed by atoms with E-state index < -0.39 is 18.2 Å². The molecule has 0 aromatic heterocycles. The average Bonchev–Trinajstić information content (AvgIpc) is 2.03. The highest BCUT2D eigenvalue weighted by Gasteiger charge is 2.16. The number of rotatable bonds is 2. The second kappa shape index (κ2) is 3.61. The highest BCUT2D eigenvalue weighted by atomic mass is 19.3. The van der Waals surface area contributed by atoms with Crippen molar-refractivity contribution in [3.05, 3.63) is 42.6 Å². The van der Waals surface area contributed by atoms with Gasteiger partial charge in [-0.25, -0.2) is 13.2 Å². The predicted octanol–water partition coefficient (Wildman–Crippen LogP) is 3.01. The number of alkyl halides is 2. The van der Waals surface area contributed by atoms with Gasteiger partial charge in [0.15, 0.2) is 0 Å². The van der Waals surface area contributed by atoms with Crippen molar-refractivity contribution in [3.8, 4) is 0 Å². The first-order valence-electron chi connectivity index (χ1n) is 3.48. The molecular weight excluding hydrogens is 165 g/mol. The Labute approximate surface area is 69.0 Å². The van der Waals surface area contributed by atoms with Gasteiger partial charge < -0.3 is 0 Å². The topological polar surface area (TPSA) is 0 Å². The van der Waals surface area contributed by atoms with Gasteiger partial charge in [-0.2, -0.15) is 0 Å². The third-order valence-electron chi connectivity index (χ3n) is 1.58. The molecule has 0 nitrogen and oxygen atoms in total. The zero-order chi connectivity index (χ0) is 9.14. The maximum atomic E-state index is 12.5. The van der Waals surface area contributed by atoms with E-state index >= 15 is 0 Å². The summed E-state index contributed by atoms with van der Waals surface area (Å²) < 4.78 is 36.6. The first kappa shape index (κ1) is 9.10. The Morgan fingerprint density at radius 3 is 2.42 bits per heavy atom. The lowest BCUT2D eigenvalue weighted by Gasteiger charge is -2.09. The van der Waals surface area contributed by atoms with Crippen molar-refractivity contribution in [2.24, 2.45) is 0 Å². The van der Waals surface area contributed by atoms with Crippen LogP contribution in [0.4, 0.5) is 13.2 Å². The molecule has 1 aromatic rings. The molecule has 0 N–H and O–H groups in total. The van der Waals surface area contributed by atoms with Crippen LogP contribution in [-0.2, 0) is 0 Å². The van der Waals surface area contributed by atoms with Crippen molar-refractivity contribution in [1.82, 2.24) is 0 Å². The summed E-state index contributed by atoms with van der Waals surface area (Å²) in [6.07, 6.45) is -2.55. The summed E-state index contributed by atoms with van der Waals surface area (Å²) in [6.45, 7) is 3.23. The van der Waals surface area contributed by atoms with E-state index in [9.17, 15) is 13.2 Å². The normalized spacial score (nSPS) is 13.4. The summed E-state index contributed by atoms with van der Waals surface area (Å²) in [4.78, 5) is 0. The molecule has 0 spiro atoms. The van der Waals surface area contributed by atoms with Gasteiger partial charge in [0.25, 0.3) is 0 Å². The Bertz CT molecular complexity index is 258. The Balaban J connectivity index is 2.88. The molecule has 0 bridgehead atoms. The summed E-state index contributed by atoms with van der Waals surface area (Å²) in [5, 5.41) is 0. The van der Waals surface area contributed by atoms with Gasteiger partial charge in [0.2, 0.25) is 6.43 Å². The molecular formula is C9H8F3. The van der Waals surface area contributed by atoms with Crippen molar-refractivity contribution in [1.29, 1.82) is 0 Å². The van der Waals surface area contributed by atoms with Crippen molar-refractivity contribution in [3.63, 3.8) is 0 Å². The summed E-state index contributed by atoms with van der Waals surface area (Å²) >= 11 is 0. The van der Waals surface area contributed by atoms with Gasteiger partial charge in [0, 0.05) is 5.92 Å². The van der Waals surface area contributed by atoms with Crippen LogP contribution in [0.25, 0.3) is 0 Å². The van der Waals surface area contributed by atoms with E-state index in [-0.39, 0.29) is 5.56 Å². The zero-order valence-corrected chi connectivity index (χ0v) is 6.31. The van der Waals surface area contributed by atoms with Crippen LogP contribution in [-0.4, -0.2) is 6.43 Å². The molecule has 12 heavy (non-hydrogen) atoms. The first-order chi connectivity index (χ1) is 5.61. The summed E-state index contributed by atoms with van der Waals surface area (Å²) in [5.41, 5.74) is 0.227. The van der Waals surface area contributed by atoms with Gasteiger partial charge in [0.1, 0.15) is 5.82 Å². The van der Waals surface area contributed by atoms with Crippen LogP contribution >= 0.6 is 0 Å². The standard InChI is InChI=1S/C9H8F3/c1-6(9(11)12)7-3-2-4-8(10)5-7/h2-6,9H,1H2. The van der Waals surface area contributed by atoms with E-state index in [1.54, 1.807) is 0 Å². The van der Waals surface area contributed by atoms with Gasteiger partial charge >= 0.3 is 0 Å². The maximum Gasteiger partial charge on any atom is 0.245 e. The second-order valence-electron chi connectivity index (χ2n) is 2.50. The van der Waals surface area contributed by atoms with Crippen molar-refractivity contribution in [2.75, 3.05) is 0 Å². The Kier molecular flexibility index (Phi) is 2.74. The van der Waals surface area contributed by atoms with E-state index in [4.69, 9.17) is 0 Å². The summed E-state index contributed by atoms with van der Waals surface area (Å²) in [6, 6.07) is 5.11. The molecule has 3 heteroatoms. The third-order valence-corrected chi connectivity index (χ3v) is 1.58. The molecule has 0 saturated carbocycles. The zero-order valence-electron chi connectivity index (χ0n) is 6.31. The molecule has 1 radical (unpaired) electrons. The smallest absolute Gasteiger partial charge is 0.210 e.